The Kier molecular flexibility index (Phi) is 4.23. The van der Waals surface area contributed by atoms with Crippen LogP contribution in [0.1, 0.15) is 23.1 Å². The highest BCUT2D eigenvalue weighted by Gasteiger charge is 2.37. The molecule has 2 aromatic carbocycles. The summed E-state index contributed by atoms with van der Waals surface area (Å²) < 4.78 is 27.6. The van der Waals surface area contributed by atoms with Crippen molar-refractivity contribution < 1.29 is 13.5 Å². The average molecular weight is 352 g/mol. The Morgan fingerprint density at radius 1 is 1.22 bits per heavy atom. The molecule has 0 aromatic heterocycles. The lowest BCUT2D eigenvalue weighted by molar-refractivity contribution is 0.0442. The van der Waals surface area contributed by atoms with Gasteiger partial charge in [0.15, 0.2) is 0 Å². The lowest BCUT2D eigenvalue weighted by Crippen LogP contribution is -2.39. The van der Waals surface area contributed by atoms with E-state index in [9.17, 15) is 13.5 Å². The van der Waals surface area contributed by atoms with Gasteiger partial charge in [-0.1, -0.05) is 41.9 Å². The third-order valence-corrected chi connectivity index (χ3v) is 6.34. The highest BCUT2D eigenvalue weighted by molar-refractivity contribution is 7.89. The van der Waals surface area contributed by atoms with Crippen LogP contribution in [0, 0.1) is 6.92 Å². The van der Waals surface area contributed by atoms with Gasteiger partial charge >= 0.3 is 0 Å². The molecular formula is C17H18ClNO3S. The van der Waals surface area contributed by atoms with Gasteiger partial charge in [-0.25, -0.2) is 13.1 Å². The molecule has 4 nitrogen and oxygen atoms in total. The van der Waals surface area contributed by atoms with Gasteiger partial charge in [-0.3, -0.25) is 0 Å². The number of fused-ring (bicyclic) bond motifs is 1. The maximum absolute atomic E-state index is 12.5. The molecule has 2 N–H and O–H groups in total. The summed E-state index contributed by atoms with van der Waals surface area (Å²) in [5.74, 6) is 0. The molecule has 23 heavy (non-hydrogen) atoms. The van der Waals surface area contributed by atoms with Crippen molar-refractivity contribution in [2.24, 2.45) is 0 Å². The van der Waals surface area contributed by atoms with E-state index in [1.54, 1.807) is 19.1 Å². The summed E-state index contributed by atoms with van der Waals surface area (Å²) >= 11 is 6.00. The molecular weight excluding hydrogens is 334 g/mol. The fourth-order valence-corrected chi connectivity index (χ4v) is 4.61. The van der Waals surface area contributed by atoms with E-state index in [0.717, 1.165) is 17.5 Å². The molecule has 0 bridgehead atoms. The van der Waals surface area contributed by atoms with Gasteiger partial charge < -0.3 is 5.11 Å². The number of sulfonamides is 1. The largest absolute Gasteiger partial charge is 0.384 e. The molecule has 122 valence electrons. The van der Waals surface area contributed by atoms with Gasteiger partial charge in [-0.15, -0.1) is 0 Å². The highest BCUT2D eigenvalue weighted by Crippen LogP contribution is 2.36. The zero-order valence-corrected chi connectivity index (χ0v) is 14.3. The normalized spacial score (nSPS) is 20.5. The fourth-order valence-electron chi connectivity index (χ4n) is 3.02. The summed E-state index contributed by atoms with van der Waals surface area (Å²) in [7, 11) is -3.74. The molecule has 0 radical (unpaired) electrons. The molecule has 3 rings (SSSR count). The number of rotatable bonds is 4. The van der Waals surface area contributed by atoms with Crippen molar-refractivity contribution in [3.63, 3.8) is 0 Å². The smallest absolute Gasteiger partial charge is 0.240 e. The molecule has 0 saturated heterocycles. The molecule has 1 aliphatic carbocycles. The van der Waals surface area contributed by atoms with Gasteiger partial charge in [-0.05, 0) is 48.6 Å². The van der Waals surface area contributed by atoms with Crippen LogP contribution in [0.15, 0.2) is 47.4 Å². The number of benzene rings is 2. The van der Waals surface area contributed by atoms with Crippen molar-refractivity contribution >= 4 is 21.6 Å². The molecule has 0 unspecified atom stereocenters. The summed E-state index contributed by atoms with van der Waals surface area (Å²) in [5.41, 5.74) is 1.19. The molecule has 6 heteroatoms. The Bertz CT molecular complexity index is 851. The topological polar surface area (TPSA) is 66.4 Å². The fraction of sp³-hybridized carbons (Fsp3) is 0.294. The molecule has 1 atom stereocenters. The second-order valence-electron chi connectivity index (χ2n) is 5.88. The first kappa shape index (κ1) is 16.5. The van der Waals surface area contributed by atoms with Gasteiger partial charge in [0.25, 0.3) is 0 Å². The molecule has 0 amide bonds. The van der Waals surface area contributed by atoms with Crippen LogP contribution < -0.4 is 4.72 Å². The van der Waals surface area contributed by atoms with Crippen molar-refractivity contribution in [2.45, 2.75) is 30.3 Å². The third-order valence-electron chi connectivity index (χ3n) is 4.39. The van der Waals surface area contributed by atoms with Crippen LogP contribution in [0.2, 0.25) is 5.02 Å². The molecule has 0 spiro atoms. The maximum Gasteiger partial charge on any atom is 0.240 e. The Morgan fingerprint density at radius 2 is 1.96 bits per heavy atom. The molecule has 0 aliphatic heterocycles. The van der Waals surface area contributed by atoms with E-state index in [1.807, 2.05) is 24.3 Å². The van der Waals surface area contributed by atoms with E-state index < -0.39 is 15.6 Å². The van der Waals surface area contributed by atoms with Gasteiger partial charge in [0, 0.05) is 11.6 Å². The summed E-state index contributed by atoms with van der Waals surface area (Å²) in [6.45, 7) is 1.61. The zero-order valence-electron chi connectivity index (χ0n) is 12.7. The SMILES string of the molecule is Cc1c(Cl)cccc1S(=O)(=O)NC[C@@]1(O)CCc2ccccc21. The first-order chi connectivity index (χ1) is 10.8. The van der Waals surface area contributed by atoms with Gasteiger partial charge in [0.05, 0.1) is 4.90 Å². The van der Waals surface area contributed by atoms with Crippen LogP contribution in [0.5, 0.6) is 0 Å². The standard InChI is InChI=1S/C17H18ClNO3S/c1-12-15(18)7-4-8-16(12)23(21,22)19-11-17(20)10-9-13-5-2-3-6-14(13)17/h2-8,19-20H,9-11H2,1H3/t17-/m0/s1. The van der Waals surface area contributed by atoms with Crippen LogP contribution in [-0.2, 0) is 22.0 Å². The number of nitrogens with one attached hydrogen (secondary N) is 1. The number of aliphatic hydroxyl groups is 1. The van der Waals surface area contributed by atoms with E-state index >= 15 is 0 Å². The van der Waals surface area contributed by atoms with Gasteiger partial charge in [0.2, 0.25) is 10.0 Å². The molecule has 0 heterocycles. The zero-order chi connectivity index (χ0) is 16.7. The molecule has 0 fully saturated rings. The van der Waals surface area contributed by atoms with E-state index in [1.165, 1.54) is 6.07 Å². The van der Waals surface area contributed by atoms with E-state index in [-0.39, 0.29) is 11.4 Å². The van der Waals surface area contributed by atoms with Crippen LogP contribution >= 0.6 is 11.6 Å². The number of aryl methyl sites for hydroxylation is 1. The first-order valence-electron chi connectivity index (χ1n) is 7.39. The number of hydrogen-bond donors (Lipinski definition) is 2. The first-order valence-corrected chi connectivity index (χ1v) is 9.25. The number of hydrogen-bond acceptors (Lipinski definition) is 3. The van der Waals surface area contributed by atoms with E-state index in [4.69, 9.17) is 11.6 Å². The minimum atomic E-state index is -3.74. The quantitative estimate of drug-likeness (QED) is 0.890. The van der Waals surface area contributed by atoms with Crippen LogP contribution in [0.25, 0.3) is 0 Å². The summed E-state index contributed by atoms with van der Waals surface area (Å²) in [6.07, 6.45) is 1.24. The van der Waals surface area contributed by atoms with Gasteiger partial charge in [-0.2, -0.15) is 0 Å². The summed E-state index contributed by atoms with van der Waals surface area (Å²) in [5, 5.41) is 11.2. The number of halogens is 1. The summed E-state index contributed by atoms with van der Waals surface area (Å²) in [4.78, 5) is 0.139. The van der Waals surface area contributed by atoms with Gasteiger partial charge in [0.1, 0.15) is 5.60 Å². The van der Waals surface area contributed by atoms with Crippen LogP contribution in [0.3, 0.4) is 0 Å². The Morgan fingerprint density at radius 3 is 2.74 bits per heavy atom. The molecule has 2 aromatic rings. The third kappa shape index (κ3) is 3.02. The van der Waals surface area contributed by atoms with Crippen LogP contribution in [0.4, 0.5) is 0 Å². The second kappa shape index (κ2) is 5.91. The Hall–Kier alpha value is -1.40. The minimum absolute atomic E-state index is 0.0572. The Labute approximate surface area is 141 Å². The van der Waals surface area contributed by atoms with Crippen molar-refractivity contribution in [3.8, 4) is 0 Å². The molecule has 1 aliphatic rings. The lowest BCUT2D eigenvalue weighted by atomic mass is 9.96. The maximum atomic E-state index is 12.5. The van der Waals surface area contributed by atoms with Crippen molar-refractivity contribution in [3.05, 3.63) is 64.2 Å². The second-order valence-corrected chi connectivity index (χ2v) is 8.02. The van der Waals surface area contributed by atoms with Crippen LogP contribution in [-0.4, -0.2) is 20.1 Å². The highest BCUT2D eigenvalue weighted by atomic mass is 35.5. The average Bonchev–Trinajstić information content (AvgIpc) is 2.87. The lowest BCUT2D eigenvalue weighted by Gasteiger charge is -2.24. The predicted molar refractivity (Wildman–Crippen MR) is 90.0 cm³/mol. The Balaban J connectivity index is 1.85. The van der Waals surface area contributed by atoms with Crippen molar-refractivity contribution in [2.75, 3.05) is 6.54 Å². The molecule has 0 saturated carbocycles. The van der Waals surface area contributed by atoms with E-state index in [2.05, 4.69) is 4.72 Å². The predicted octanol–water partition coefficient (Wildman–Crippen LogP) is 2.76. The van der Waals surface area contributed by atoms with E-state index in [0.29, 0.717) is 17.0 Å². The summed E-state index contributed by atoms with van der Waals surface area (Å²) in [6, 6.07) is 12.3. The minimum Gasteiger partial charge on any atom is -0.384 e. The van der Waals surface area contributed by atoms with Crippen molar-refractivity contribution in [1.82, 2.24) is 4.72 Å². The van der Waals surface area contributed by atoms with Crippen molar-refractivity contribution in [1.29, 1.82) is 0 Å². The monoisotopic (exact) mass is 351 g/mol.